The Morgan fingerprint density at radius 2 is 2.18 bits per heavy atom. The highest BCUT2D eigenvalue weighted by atomic mass is 35.5. The number of rotatable bonds is 3. The number of ether oxygens (including phenoxy) is 2. The molecule has 6 heteroatoms. The van der Waals surface area contributed by atoms with Gasteiger partial charge in [-0.3, -0.25) is 0 Å². The first-order valence-electron chi connectivity index (χ1n) is 5.02. The third-order valence-corrected chi connectivity index (χ3v) is 2.59. The fourth-order valence-electron chi connectivity index (χ4n) is 1.52. The fraction of sp³-hybridized carbons (Fsp3) is 0.182. The predicted molar refractivity (Wildman–Crippen MR) is 61.9 cm³/mol. The van der Waals surface area contributed by atoms with Crippen LogP contribution >= 0.6 is 11.6 Å². The van der Waals surface area contributed by atoms with Crippen LogP contribution in [-0.2, 0) is 5.88 Å². The van der Waals surface area contributed by atoms with Gasteiger partial charge < -0.3 is 19.2 Å². The lowest BCUT2D eigenvalue weighted by Crippen LogP contribution is -1.93. The summed E-state index contributed by atoms with van der Waals surface area (Å²) >= 11 is 5.63. The van der Waals surface area contributed by atoms with Crippen molar-refractivity contribution in [3.63, 3.8) is 0 Å². The SMILES string of the molecule is ClCc1coc(Nc2ccc3c(c2)OCO3)n1. The van der Waals surface area contributed by atoms with Crippen molar-refractivity contribution in [2.24, 2.45) is 0 Å². The van der Waals surface area contributed by atoms with E-state index in [9.17, 15) is 0 Å². The highest BCUT2D eigenvalue weighted by Crippen LogP contribution is 2.34. The van der Waals surface area contributed by atoms with Crippen LogP contribution in [0.2, 0.25) is 0 Å². The minimum absolute atomic E-state index is 0.258. The molecule has 17 heavy (non-hydrogen) atoms. The predicted octanol–water partition coefficient (Wildman–Crippen LogP) is 2.89. The molecule has 0 spiro atoms. The normalized spacial score (nSPS) is 12.8. The highest BCUT2D eigenvalue weighted by Gasteiger charge is 2.13. The zero-order chi connectivity index (χ0) is 11.7. The standard InChI is InChI=1S/C11H9ClN2O3/c12-4-8-5-15-11(14-8)13-7-1-2-9-10(3-7)17-6-16-9/h1-3,5H,4,6H2,(H,13,14). The number of alkyl halides is 1. The van der Waals surface area contributed by atoms with Crippen LogP contribution in [0.5, 0.6) is 11.5 Å². The van der Waals surface area contributed by atoms with E-state index < -0.39 is 0 Å². The third kappa shape index (κ3) is 2.01. The summed E-state index contributed by atoms with van der Waals surface area (Å²) < 4.78 is 15.7. The second kappa shape index (κ2) is 4.18. The summed E-state index contributed by atoms with van der Waals surface area (Å²) in [5.41, 5.74) is 1.51. The van der Waals surface area contributed by atoms with E-state index in [1.165, 1.54) is 6.26 Å². The molecule has 0 bridgehead atoms. The number of aromatic nitrogens is 1. The van der Waals surface area contributed by atoms with Crippen molar-refractivity contribution >= 4 is 23.3 Å². The van der Waals surface area contributed by atoms with Crippen molar-refractivity contribution in [2.45, 2.75) is 5.88 Å². The Balaban J connectivity index is 1.80. The summed E-state index contributed by atoms with van der Waals surface area (Å²) in [5, 5.41) is 3.02. The van der Waals surface area contributed by atoms with Gasteiger partial charge in [-0.15, -0.1) is 11.6 Å². The molecule has 1 N–H and O–H groups in total. The molecule has 1 aromatic carbocycles. The zero-order valence-corrected chi connectivity index (χ0v) is 9.53. The van der Waals surface area contributed by atoms with Gasteiger partial charge in [0, 0.05) is 11.8 Å². The second-order valence-electron chi connectivity index (χ2n) is 3.47. The Labute approximate surface area is 102 Å². The van der Waals surface area contributed by atoms with Crippen LogP contribution in [0.1, 0.15) is 5.69 Å². The molecular formula is C11H9ClN2O3. The molecule has 3 rings (SSSR count). The van der Waals surface area contributed by atoms with Gasteiger partial charge in [0.15, 0.2) is 11.5 Å². The molecule has 2 heterocycles. The van der Waals surface area contributed by atoms with E-state index in [0.717, 1.165) is 11.4 Å². The third-order valence-electron chi connectivity index (χ3n) is 2.31. The quantitative estimate of drug-likeness (QED) is 0.852. The molecular weight excluding hydrogens is 244 g/mol. The fourth-order valence-corrected chi connectivity index (χ4v) is 1.65. The lowest BCUT2D eigenvalue weighted by Gasteiger charge is -2.02. The molecule has 0 fully saturated rings. The number of anilines is 2. The van der Waals surface area contributed by atoms with Gasteiger partial charge in [0.2, 0.25) is 6.79 Å². The maximum atomic E-state index is 5.63. The largest absolute Gasteiger partial charge is 0.454 e. The molecule has 0 amide bonds. The van der Waals surface area contributed by atoms with E-state index in [4.69, 9.17) is 25.5 Å². The molecule has 1 aromatic heterocycles. The number of benzene rings is 1. The van der Waals surface area contributed by atoms with Gasteiger partial charge in [0.1, 0.15) is 6.26 Å². The topological polar surface area (TPSA) is 56.5 Å². The molecule has 0 saturated carbocycles. The summed E-state index contributed by atoms with van der Waals surface area (Å²) in [6.07, 6.45) is 1.52. The van der Waals surface area contributed by atoms with Crippen molar-refractivity contribution in [3.05, 3.63) is 30.2 Å². The molecule has 0 saturated heterocycles. The lowest BCUT2D eigenvalue weighted by molar-refractivity contribution is 0.174. The van der Waals surface area contributed by atoms with E-state index >= 15 is 0 Å². The van der Waals surface area contributed by atoms with Gasteiger partial charge in [-0.2, -0.15) is 4.98 Å². The first-order chi connectivity index (χ1) is 8.35. The van der Waals surface area contributed by atoms with Gasteiger partial charge in [-0.1, -0.05) is 0 Å². The number of fused-ring (bicyclic) bond motifs is 1. The Bertz CT molecular complexity index is 541. The smallest absolute Gasteiger partial charge is 0.299 e. The van der Waals surface area contributed by atoms with Gasteiger partial charge in [-0.25, -0.2) is 0 Å². The minimum atomic E-state index is 0.258. The van der Waals surface area contributed by atoms with Crippen molar-refractivity contribution in [3.8, 4) is 11.5 Å². The highest BCUT2D eigenvalue weighted by molar-refractivity contribution is 6.16. The van der Waals surface area contributed by atoms with Gasteiger partial charge in [0.05, 0.1) is 11.6 Å². The van der Waals surface area contributed by atoms with E-state index in [2.05, 4.69) is 10.3 Å². The minimum Gasteiger partial charge on any atom is -0.454 e. The van der Waals surface area contributed by atoms with Crippen LogP contribution in [0.4, 0.5) is 11.7 Å². The van der Waals surface area contributed by atoms with Gasteiger partial charge in [-0.05, 0) is 12.1 Å². The van der Waals surface area contributed by atoms with Crippen LogP contribution in [-0.4, -0.2) is 11.8 Å². The Hall–Kier alpha value is -1.88. The van der Waals surface area contributed by atoms with E-state index in [1.54, 1.807) is 0 Å². The average molecular weight is 253 g/mol. The van der Waals surface area contributed by atoms with Crippen molar-refractivity contribution < 1.29 is 13.9 Å². The summed E-state index contributed by atoms with van der Waals surface area (Å²) in [7, 11) is 0. The summed E-state index contributed by atoms with van der Waals surface area (Å²) in [6.45, 7) is 0.258. The van der Waals surface area contributed by atoms with E-state index in [-0.39, 0.29) is 6.79 Å². The Morgan fingerprint density at radius 3 is 3.00 bits per heavy atom. The zero-order valence-electron chi connectivity index (χ0n) is 8.77. The monoisotopic (exact) mass is 252 g/mol. The van der Waals surface area contributed by atoms with Crippen LogP contribution in [0.15, 0.2) is 28.9 Å². The summed E-state index contributed by atoms with van der Waals surface area (Å²) in [4.78, 5) is 4.14. The van der Waals surface area contributed by atoms with E-state index in [0.29, 0.717) is 23.3 Å². The molecule has 0 atom stereocenters. The number of nitrogens with one attached hydrogen (secondary N) is 1. The molecule has 0 unspecified atom stereocenters. The van der Waals surface area contributed by atoms with Crippen LogP contribution in [0.25, 0.3) is 0 Å². The number of halogens is 1. The Kier molecular flexibility index (Phi) is 2.53. The van der Waals surface area contributed by atoms with Crippen LogP contribution in [0.3, 0.4) is 0 Å². The lowest BCUT2D eigenvalue weighted by atomic mass is 10.3. The van der Waals surface area contributed by atoms with Gasteiger partial charge >= 0.3 is 0 Å². The number of hydrogen-bond acceptors (Lipinski definition) is 5. The maximum Gasteiger partial charge on any atom is 0.299 e. The molecule has 1 aliphatic heterocycles. The van der Waals surface area contributed by atoms with Crippen molar-refractivity contribution in [1.82, 2.24) is 4.98 Å². The molecule has 5 nitrogen and oxygen atoms in total. The first kappa shape index (κ1) is 10.3. The van der Waals surface area contributed by atoms with Crippen molar-refractivity contribution in [1.29, 1.82) is 0 Å². The first-order valence-corrected chi connectivity index (χ1v) is 5.55. The molecule has 2 aromatic rings. The van der Waals surface area contributed by atoms with Crippen LogP contribution in [0, 0.1) is 0 Å². The molecule has 88 valence electrons. The Morgan fingerprint density at radius 1 is 1.29 bits per heavy atom. The molecule has 0 radical (unpaired) electrons. The van der Waals surface area contributed by atoms with E-state index in [1.807, 2.05) is 18.2 Å². The van der Waals surface area contributed by atoms with Crippen LogP contribution < -0.4 is 14.8 Å². The van der Waals surface area contributed by atoms with Crippen molar-refractivity contribution in [2.75, 3.05) is 12.1 Å². The number of nitrogens with zero attached hydrogens (tertiary/aromatic N) is 1. The summed E-state index contributed by atoms with van der Waals surface area (Å²) in [6, 6.07) is 5.92. The number of hydrogen-bond donors (Lipinski definition) is 1. The second-order valence-corrected chi connectivity index (χ2v) is 3.74. The van der Waals surface area contributed by atoms with Gasteiger partial charge in [0.25, 0.3) is 6.01 Å². The molecule has 0 aliphatic carbocycles. The summed E-state index contributed by atoms with van der Waals surface area (Å²) in [5.74, 6) is 1.77. The average Bonchev–Trinajstić information content (AvgIpc) is 2.96. The molecule has 1 aliphatic rings. The maximum absolute atomic E-state index is 5.63. The number of oxazole rings is 1.